The van der Waals surface area contributed by atoms with Gasteiger partial charge in [0, 0.05) is 18.7 Å². The van der Waals surface area contributed by atoms with Crippen LogP contribution < -0.4 is 11.1 Å². The Morgan fingerprint density at radius 1 is 1.62 bits per heavy atom. The Morgan fingerprint density at radius 2 is 2.31 bits per heavy atom. The van der Waals surface area contributed by atoms with Gasteiger partial charge in [-0.05, 0) is 26.2 Å². The Labute approximate surface area is 78.8 Å². The first-order valence-electron chi connectivity index (χ1n) is 4.80. The van der Waals surface area contributed by atoms with Gasteiger partial charge in [-0.1, -0.05) is 0 Å². The second-order valence-corrected chi connectivity index (χ2v) is 3.63. The van der Waals surface area contributed by atoms with E-state index < -0.39 is 0 Å². The third kappa shape index (κ3) is 3.32. The van der Waals surface area contributed by atoms with E-state index in [1.165, 1.54) is 6.42 Å². The molecular formula is C9H18N2O2. The number of nitrogens with two attached hydrogens (primary N) is 1. The molecule has 0 bridgehead atoms. The van der Waals surface area contributed by atoms with Gasteiger partial charge in [0.2, 0.25) is 5.91 Å². The van der Waals surface area contributed by atoms with Crippen molar-refractivity contribution >= 4 is 5.91 Å². The molecule has 1 aliphatic carbocycles. The molecule has 0 aliphatic heterocycles. The minimum atomic E-state index is -0.137. The first kappa shape index (κ1) is 10.5. The number of nitrogens with one attached hydrogen (secondary N) is 1. The molecule has 0 aromatic carbocycles. The van der Waals surface area contributed by atoms with E-state index in [0.29, 0.717) is 13.2 Å². The number of hydrogen-bond acceptors (Lipinski definition) is 3. The first-order chi connectivity index (χ1) is 6.16. The molecule has 76 valence electrons. The molecule has 1 amide bonds. The molecule has 1 fully saturated rings. The maximum absolute atomic E-state index is 11.1. The summed E-state index contributed by atoms with van der Waals surface area (Å²) in [6.07, 6.45) is 3.21. The molecule has 0 aromatic heterocycles. The van der Waals surface area contributed by atoms with E-state index >= 15 is 0 Å². The lowest BCUT2D eigenvalue weighted by molar-refractivity contribution is -0.125. The lowest BCUT2D eigenvalue weighted by Crippen LogP contribution is -2.55. The van der Waals surface area contributed by atoms with Gasteiger partial charge < -0.3 is 15.8 Å². The zero-order chi connectivity index (χ0) is 9.73. The minimum absolute atomic E-state index is 0.0708. The van der Waals surface area contributed by atoms with E-state index in [-0.39, 0.29) is 18.1 Å². The summed E-state index contributed by atoms with van der Waals surface area (Å²) in [5, 5.41) is 2.77. The van der Waals surface area contributed by atoms with Crippen LogP contribution in [-0.4, -0.2) is 31.2 Å². The van der Waals surface area contributed by atoms with Crippen molar-refractivity contribution in [2.45, 2.75) is 31.7 Å². The topological polar surface area (TPSA) is 64.3 Å². The van der Waals surface area contributed by atoms with Crippen molar-refractivity contribution < 1.29 is 9.53 Å². The van der Waals surface area contributed by atoms with Crippen molar-refractivity contribution in [3.63, 3.8) is 0 Å². The van der Waals surface area contributed by atoms with Gasteiger partial charge in [0.1, 0.15) is 6.61 Å². The lowest BCUT2D eigenvalue weighted by atomic mass is 9.78. The van der Waals surface area contributed by atoms with Crippen LogP contribution in [0.1, 0.15) is 26.2 Å². The smallest absolute Gasteiger partial charge is 0.246 e. The van der Waals surface area contributed by atoms with Gasteiger partial charge in [-0.3, -0.25) is 4.79 Å². The van der Waals surface area contributed by atoms with Gasteiger partial charge in [-0.15, -0.1) is 0 Å². The molecule has 0 atom stereocenters. The van der Waals surface area contributed by atoms with E-state index in [4.69, 9.17) is 10.5 Å². The largest absolute Gasteiger partial charge is 0.372 e. The summed E-state index contributed by atoms with van der Waals surface area (Å²) in [4.78, 5) is 11.1. The molecule has 1 saturated carbocycles. The fourth-order valence-electron chi connectivity index (χ4n) is 1.33. The summed E-state index contributed by atoms with van der Waals surface area (Å²) >= 11 is 0. The number of rotatable bonds is 5. The number of carbonyl (C=O) groups is 1. The zero-order valence-electron chi connectivity index (χ0n) is 8.14. The summed E-state index contributed by atoms with van der Waals surface area (Å²) in [6, 6.07) is 0. The maximum atomic E-state index is 11.1. The minimum Gasteiger partial charge on any atom is -0.372 e. The van der Waals surface area contributed by atoms with Crippen LogP contribution in [0.4, 0.5) is 0 Å². The highest BCUT2D eigenvalue weighted by molar-refractivity contribution is 5.77. The van der Waals surface area contributed by atoms with Crippen molar-refractivity contribution in [1.82, 2.24) is 5.32 Å². The molecule has 0 radical (unpaired) electrons. The lowest BCUT2D eigenvalue weighted by Gasteiger charge is -2.38. The van der Waals surface area contributed by atoms with E-state index in [1.807, 2.05) is 6.92 Å². The summed E-state index contributed by atoms with van der Waals surface area (Å²) in [5.41, 5.74) is 5.79. The second-order valence-electron chi connectivity index (χ2n) is 3.63. The standard InChI is InChI=1S/C9H18N2O2/c1-2-13-6-8(12)11-7-9(10)4-3-5-9/h2-7,10H2,1H3,(H,11,12). The highest BCUT2D eigenvalue weighted by atomic mass is 16.5. The normalized spacial score (nSPS) is 19.2. The Bertz CT molecular complexity index is 178. The van der Waals surface area contributed by atoms with E-state index in [0.717, 1.165) is 12.8 Å². The van der Waals surface area contributed by atoms with Crippen LogP contribution >= 0.6 is 0 Å². The number of amides is 1. The molecule has 0 spiro atoms. The third-order valence-electron chi connectivity index (χ3n) is 2.42. The third-order valence-corrected chi connectivity index (χ3v) is 2.42. The zero-order valence-corrected chi connectivity index (χ0v) is 8.14. The molecule has 4 heteroatoms. The van der Waals surface area contributed by atoms with Gasteiger partial charge in [-0.2, -0.15) is 0 Å². The van der Waals surface area contributed by atoms with E-state index in [9.17, 15) is 4.79 Å². The molecule has 13 heavy (non-hydrogen) atoms. The van der Waals surface area contributed by atoms with E-state index in [2.05, 4.69) is 5.32 Å². The highest BCUT2D eigenvalue weighted by Gasteiger charge is 2.32. The summed E-state index contributed by atoms with van der Waals surface area (Å²) < 4.78 is 4.96. The van der Waals surface area contributed by atoms with E-state index in [1.54, 1.807) is 0 Å². The quantitative estimate of drug-likeness (QED) is 0.636. The fourth-order valence-corrected chi connectivity index (χ4v) is 1.33. The molecule has 0 aromatic rings. The number of hydrogen-bond donors (Lipinski definition) is 2. The predicted octanol–water partition coefficient (Wildman–Crippen LogP) is 0.0205. The van der Waals surface area contributed by atoms with Crippen LogP contribution in [-0.2, 0) is 9.53 Å². The van der Waals surface area contributed by atoms with Crippen LogP contribution in [0, 0.1) is 0 Å². The second kappa shape index (κ2) is 4.58. The summed E-state index contributed by atoms with van der Waals surface area (Å²) in [7, 11) is 0. The Kier molecular flexibility index (Phi) is 3.69. The SMILES string of the molecule is CCOCC(=O)NCC1(N)CCC1. The van der Waals surface area contributed by atoms with Gasteiger partial charge in [0.05, 0.1) is 0 Å². The van der Waals surface area contributed by atoms with Crippen LogP contribution in [0.3, 0.4) is 0 Å². The van der Waals surface area contributed by atoms with Crippen molar-refractivity contribution in [3.8, 4) is 0 Å². The monoisotopic (exact) mass is 186 g/mol. The van der Waals surface area contributed by atoms with Crippen molar-refractivity contribution in [2.75, 3.05) is 19.8 Å². The summed E-state index contributed by atoms with van der Waals surface area (Å²) in [5.74, 6) is -0.0708. The summed E-state index contributed by atoms with van der Waals surface area (Å²) in [6.45, 7) is 3.16. The highest BCUT2D eigenvalue weighted by Crippen LogP contribution is 2.27. The van der Waals surface area contributed by atoms with Gasteiger partial charge >= 0.3 is 0 Å². The Morgan fingerprint density at radius 3 is 2.77 bits per heavy atom. The molecular weight excluding hydrogens is 168 g/mol. The molecule has 0 heterocycles. The molecule has 0 saturated heterocycles. The fraction of sp³-hybridized carbons (Fsp3) is 0.889. The van der Waals surface area contributed by atoms with Crippen LogP contribution in [0.25, 0.3) is 0 Å². The molecule has 0 unspecified atom stereocenters. The van der Waals surface area contributed by atoms with Crippen molar-refractivity contribution in [2.24, 2.45) is 5.73 Å². The molecule has 1 rings (SSSR count). The predicted molar refractivity (Wildman–Crippen MR) is 50.3 cm³/mol. The van der Waals surface area contributed by atoms with Gasteiger partial charge in [-0.25, -0.2) is 0 Å². The van der Waals surface area contributed by atoms with Crippen molar-refractivity contribution in [3.05, 3.63) is 0 Å². The Hall–Kier alpha value is -0.610. The average molecular weight is 186 g/mol. The number of ether oxygens (including phenoxy) is 1. The van der Waals surface area contributed by atoms with Crippen LogP contribution in [0.15, 0.2) is 0 Å². The average Bonchev–Trinajstić information content (AvgIpc) is 2.08. The molecule has 1 aliphatic rings. The van der Waals surface area contributed by atoms with Crippen LogP contribution in [0.5, 0.6) is 0 Å². The van der Waals surface area contributed by atoms with Crippen molar-refractivity contribution in [1.29, 1.82) is 0 Å². The number of carbonyl (C=O) groups excluding carboxylic acids is 1. The molecule has 3 N–H and O–H groups in total. The van der Waals surface area contributed by atoms with Crippen LogP contribution in [0.2, 0.25) is 0 Å². The molecule has 4 nitrogen and oxygen atoms in total. The van der Waals surface area contributed by atoms with Gasteiger partial charge in [0.25, 0.3) is 0 Å². The Balaban J connectivity index is 2.07. The maximum Gasteiger partial charge on any atom is 0.246 e. The van der Waals surface area contributed by atoms with Gasteiger partial charge in [0.15, 0.2) is 0 Å². The first-order valence-corrected chi connectivity index (χ1v) is 4.80.